The van der Waals surface area contributed by atoms with Crippen molar-refractivity contribution in [1.82, 2.24) is 10.0 Å². The van der Waals surface area contributed by atoms with Crippen LogP contribution in [0.1, 0.15) is 0 Å². The van der Waals surface area contributed by atoms with Crippen molar-refractivity contribution in [2.24, 2.45) is 0 Å². The van der Waals surface area contributed by atoms with E-state index in [9.17, 15) is 13.2 Å². The molecule has 8 nitrogen and oxygen atoms in total. The molecule has 1 aromatic rings. The summed E-state index contributed by atoms with van der Waals surface area (Å²) in [6.07, 6.45) is 0. The number of rotatable bonds is 9. The van der Waals surface area contributed by atoms with Crippen molar-refractivity contribution < 1.29 is 27.4 Å². The number of methoxy groups -OCH3 is 3. The molecule has 0 aliphatic rings. The molecule has 0 fully saturated rings. The zero-order valence-electron chi connectivity index (χ0n) is 12.7. The maximum Gasteiger partial charge on any atom is 0.244 e. The molecule has 1 rings (SSSR count). The van der Waals surface area contributed by atoms with Crippen molar-refractivity contribution in [3.63, 3.8) is 0 Å². The van der Waals surface area contributed by atoms with Gasteiger partial charge >= 0.3 is 0 Å². The highest BCUT2D eigenvalue weighted by Gasteiger charge is 2.21. The molecule has 9 heteroatoms. The predicted molar refractivity (Wildman–Crippen MR) is 79.6 cm³/mol. The van der Waals surface area contributed by atoms with E-state index in [0.717, 1.165) is 0 Å². The van der Waals surface area contributed by atoms with Crippen molar-refractivity contribution in [2.45, 2.75) is 4.90 Å². The summed E-state index contributed by atoms with van der Waals surface area (Å²) in [5, 5.41) is 2.51. The first-order valence-electron chi connectivity index (χ1n) is 6.42. The van der Waals surface area contributed by atoms with E-state index in [1.165, 1.54) is 33.5 Å². The molecule has 0 saturated carbocycles. The summed E-state index contributed by atoms with van der Waals surface area (Å²) in [7, 11) is 0.380. The highest BCUT2D eigenvalue weighted by Crippen LogP contribution is 2.27. The topological polar surface area (TPSA) is 103 Å². The number of carbonyl (C=O) groups excluding carboxylic acids is 1. The van der Waals surface area contributed by atoms with Crippen LogP contribution in [0.3, 0.4) is 0 Å². The van der Waals surface area contributed by atoms with E-state index >= 15 is 0 Å². The third-order valence-corrected chi connectivity index (χ3v) is 4.13. The minimum atomic E-state index is -3.91. The molecule has 0 aliphatic heterocycles. The number of hydrogen-bond donors (Lipinski definition) is 2. The van der Waals surface area contributed by atoms with Gasteiger partial charge in [0.25, 0.3) is 0 Å². The van der Waals surface area contributed by atoms with Gasteiger partial charge in [0, 0.05) is 19.7 Å². The lowest BCUT2D eigenvalue weighted by Gasteiger charge is -2.12. The smallest absolute Gasteiger partial charge is 0.244 e. The second-order valence-corrected chi connectivity index (χ2v) is 5.92. The fraction of sp³-hybridized carbons (Fsp3) is 0.462. The van der Waals surface area contributed by atoms with Crippen LogP contribution in [0, 0.1) is 0 Å². The summed E-state index contributed by atoms with van der Waals surface area (Å²) in [4.78, 5) is 11.4. The Kier molecular flexibility index (Phi) is 7.09. The van der Waals surface area contributed by atoms with E-state index in [-0.39, 0.29) is 17.2 Å². The molecule has 1 aromatic carbocycles. The highest BCUT2D eigenvalue weighted by molar-refractivity contribution is 7.89. The van der Waals surface area contributed by atoms with Crippen LogP contribution in [0.4, 0.5) is 0 Å². The van der Waals surface area contributed by atoms with E-state index in [1.54, 1.807) is 6.07 Å². The monoisotopic (exact) mass is 332 g/mol. The maximum absolute atomic E-state index is 12.3. The second-order valence-electron chi connectivity index (χ2n) is 4.18. The van der Waals surface area contributed by atoms with Crippen LogP contribution >= 0.6 is 0 Å². The van der Waals surface area contributed by atoms with Crippen molar-refractivity contribution in [3.8, 4) is 11.5 Å². The highest BCUT2D eigenvalue weighted by atomic mass is 32.2. The van der Waals surface area contributed by atoms with Gasteiger partial charge in [-0.05, 0) is 12.1 Å². The lowest BCUT2D eigenvalue weighted by atomic mass is 10.3. The molecule has 0 unspecified atom stereocenters. The lowest BCUT2D eigenvalue weighted by molar-refractivity contribution is -0.120. The van der Waals surface area contributed by atoms with Crippen LogP contribution in [0.15, 0.2) is 23.1 Å². The van der Waals surface area contributed by atoms with Crippen LogP contribution in [0.5, 0.6) is 11.5 Å². The summed E-state index contributed by atoms with van der Waals surface area (Å²) in [5.74, 6) is 0.0706. The average molecular weight is 332 g/mol. The largest absolute Gasteiger partial charge is 0.497 e. The Labute approximate surface area is 129 Å². The van der Waals surface area contributed by atoms with Crippen LogP contribution in [-0.2, 0) is 19.6 Å². The van der Waals surface area contributed by atoms with E-state index in [4.69, 9.17) is 14.2 Å². The molecule has 0 heterocycles. The number of ether oxygens (including phenoxy) is 3. The van der Waals surface area contributed by atoms with Gasteiger partial charge in [0.1, 0.15) is 16.4 Å². The van der Waals surface area contributed by atoms with Crippen LogP contribution in [-0.4, -0.2) is 55.4 Å². The standard InChI is InChI=1S/C13H20N2O6S/c1-19-7-6-14-13(16)9-15-22(17,18)12-8-10(20-2)4-5-11(12)21-3/h4-5,8,15H,6-7,9H2,1-3H3,(H,14,16). The van der Waals surface area contributed by atoms with Gasteiger partial charge in [-0.3, -0.25) is 4.79 Å². The van der Waals surface area contributed by atoms with E-state index in [0.29, 0.717) is 18.9 Å². The Morgan fingerprint density at radius 1 is 1.18 bits per heavy atom. The predicted octanol–water partition coefficient (Wildman–Crippen LogP) is -0.255. The molecule has 0 aliphatic carbocycles. The third kappa shape index (κ3) is 5.17. The molecule has 22 heavy (non-hydrogen) atoms. The third-order valence-electron chi connectivity index (χ3n) is 2.71. The summed E-state index contributed by atoms with van der Waals surface area (Å²) in [5.41, 5.74) is 0. The Bertz CT molecular complexity index is 603. The van der Waals surface area contributed by atoms with Gasteiger partial charge in [0.15, 0.2) is 0 Å². The molecule has 2 N–H and O–H groups in total. The Morgan fingerprint density at radius 3 is 2.50 bits per heavy atom. The Morgan fingerprint density at radius 2 is 1.91 bits per heavy atom. The summed E-state index contributed by atoms with van der Waals surface area (Å²) < 4.78 is 41.5. The van der Waals surface area contributed by atoms with E-state index < -0.39 is 15.9 Å². The number of benzene rings is 1. The zero-order valence-corrected chi connectivity index (χ0v) is 13.5. The molecule has 0 atom stereocenters. The van der Waals surface area contributed by atoms with Crippen molar-refractivity contribution in [3.05, 3.63) is 18.2 Å². The molecular formula is C13H20N2O6S. The molecule has 0 aromatic heterocycles. The first-order valence-corrected chi connectivity index (χ1v) is 7.90. The summed E-state index contributed by atoms with van der Waals surface area (Å²) in [6.45, 7) is 0.272. The van der Waals surface area contributed by atoms with E-state index in [2.05, 4.69) is 10.0 Å². The molecule has 0 radical (unpaired) electrons. The van der Waals surface area contributed by atoms with Crippen molar-refractivity contribution in [1.29, 1.82) is 0 Å². The van der Waals surface area contributed by atoms with Crippen LogP contribution < -0.4 is 19.5 Å². The number of sulfonamides is 1. The summed E-state index contributed by atoms with van der Waals surface area (Å²) >= 11 is 0. The first-order chi connectivity index (χ1) is 10.4. The van der Waals surface area contributed by atoms with Gasteiger partial charge in [0.05, 0.1) is 27.4 Å². The zero-order chi connectivity index (χ0) is 16.6. The fourth-order valence-electron chi connectivity index (χ4n) is 1.59. The quantitative estimate of drug-likeness (QED) is 0.604. The SMILES string of the molecule is COCCNC(=O)CNS(=O)(=O)c1cc(OC)ccc1OC. The normalized spacial score (nSPS) is 11.0. The number of nitrogens with one attached hydrogen (secondary N) is 2. The van der Waals surface area contributed by atoms with E-state index in [1.807, 2.05) is 0 Å². The van der Waals surface area contributed by atoms with Crippen molar-refractivity contribution in [2.75, 3.05) is 41.0 Å². The van der Waals surface area contributed by atoms with Gasteiger partial charge < -0.3 is 19.5 Å². The second kappa shape index (κ2) is 8.57. The number of carbonyl (C=O) groups is 1. The fourth-order valence-corrected chi connectivity index (χ4v) is 2.75. The lowest BCUT2D eigenvalue weighted by Crippen LogP contribution is -2.38. The van der Waals surface area contributed by atoms with Gasteiger partial charge in [-0.2, -0.15) is 0 Å². The Hall–Kier alpha value is -1.84. The number of amides is 1. The van der Waals surface area contributed by atoms with Gasteiger partial charge in [-0.15, -0.1) is 0 Å². The van der Waals surface area contributed by atoms with Gasteiger partial charge in [-0.1, -0.05) is 0 Å². The minimum absolute atomic E-state index is 0.0981. The van der Waals surface area contributed by atoms with Gasteiger partial charge in [0.2, 0.25) is 15.9 Å². The molecule has 1 amide bonds. The van der Waals surface area contributed by atoms with Gasteiger partial charge in [-0.25, -0.2) is 13.1 Å². The van der Waals surface area contributed by atoms with Crippen LogP contribution in [0.2, 0.25) is 0 Å². The molecule has 0 saturated heterocycles. The molecule has 124 valence electrons. The molecular weight excluding hydrogens is 312 g/mol. The van der Waals surface area contributed by atoms with Crippen molar-refractivity contribution >= 4 is 15.9 Å². The van der Waals surface area contributed by atoms with Crippen LogP contribution in [0.25, 0.3) is 0 Å². The molecule has 0 bridgehead atoms. The Balaban J connectivity index is 2.79. The minimum Gasteiger partial charge on any atom is -0.497 e. The maximum atomic E-state index is 12.3. The summed E-state index contributed by atoms with van der Waals surface area (Å²) in [6, 6.07) is 4.38. The average Bonchev–Trinajstić information content (AvgIpc) is 2.52. The first kappa shape index (κ1) is 18.2. The molecule has 0 spiro atoms. The number of hydrogen-bond acceptors (Lipinski definition) is 6.